The quantitative estimate of drug-likeness (QED) is 0.349. The van der Waals surface area contributed by atoms with Gasteiger partial charge in [-0.3, -0.25) is 14.6 Å². The SMILES string of the molecule is C[C@H](CC(=N)C1CCC(O)(c2ccc(Br)cn2)CC1)NC(=O)CNC(=O)c1cccc(C(F)(F)F)c1. The van der Waals surface area contributed by atoms with Crippen molar-refractivity contribution in [2.75, 3.05) is 6.54 Å². The Labute approximate surface area is 215 Å². The van der Waals surface area contributed by atoms with Crippen LogP contribution in [0.2, 0.25) is 0 Å². The van der Waals surface area contributed by atoms with Crippen molar-refractivity contribution < 1.29 is 27.9 Å². The molecule has 0 spiro atoms. The van der Waals surface area contributed by atoms with Gasteiger partial charge in [0.1, 0.15) is 5.60 Å². The molecule has 1 aliphatic rings. The van der Waals surface area contributed by atoms with Crippen LogP contribution in [0.5, 0.6) is 0 Å². The average molecular weight is 569 g/mol. The molecule has 2 amide bonds. The summed E-state index contributed by atoms with van der Waals surface area (Å²) in [6.45, 7) is 1.34. The van der Waals surface area contributed by atoms with Crippen LogP contribution in [0.4, 0.5) is 13.2 Å². The number of aliphatic hydroxyl groups is 1. The highest BCUT2D eigenvalue weighted by Gasteiger charge is 2.37. The van der Waals surface area contributed by atoms with Gasteiger partial charge in [-0.25, -0.2) is 0 Å². The normalized spacial score (nSPS) is 20.9. The molecule has 0 bridgehead atoms. The highest BCUT2D eigenvalue weighted by atomic mass is 79.9. The smallest absolute Gasteiger partial charge is 0.384 e. The van der Waals surface area contributed by atoms with Crippen molar-refractivity contribution in [1.82, 2.24) is 15.6 Å². The Morgan fingerprint density at radius 1 is 1.25 bits per heavy atom. The van der Waals surface area contributed by atoms with Crippen LogP contribution in [0, 0.1) is 11.3 Å². The largest absolute Gasteiger partial charge is 0.416 e. The van der Waals surface area contributed by atoms with Crippen molar-refractivity contribution >= 4 is 33.5 Å². The summed E-state index contributed by atoms with van der Waals surface area (Å²) >= 11 is 3.33. The molecule has 2 aromatic rings. The third-order valence-corrected chi connectivity index (χ3v) is 6.77. The van der Waals surface area contributed by atoms with Gasteiger partial charge in [0.25, 0.3) is 5.91 Å². The first kappa shape index (κ1) is 27.8. The molecule has 3 rings (SSSR count). The van der Waals surface area contributed by atoms with E-state index < -0.39 is 35.7 Å². The first-order chi connectivity index (χ1) is 16.9. The monoisotopic (exact) mass is 568 g/mol. The summed E-state index contributed by atoms with van der Waals surface area (Å²) in [7, 11) is 0. The van der Waals surface area contributed by atoms with Gasteiger partial charge in [0.15, 0.2) is 0 Å². The highest BCUT2D eigenvalue weighted by Crippen LogP contribution is 2.39. The van der Waals surface area contributed by atoms with Gasteiger partial charge in [0, 0.05) is 34.4 Å². The number of pyridine rings is 1. The van der Waals surface area contributed by atoms with Gasteiger partial charge in [0.2, 0.25) is 5.91 Å². The van der Waals surface area contributed by atoms with Crippen molar-refractivity contribution in [3.63, 3.8) is 0 Å². The van der Waals surface area contributed by atoms with E-state index in [1.807, 2.05) is 6.07 Å². The lowest BCUT2D eigenvalue weighted by molar-refractivity contribution is -0.137. The Bertz CT molecular complexity index is 1100. The van der Waals surface area contributed by atoms with E-state index in [-0.39, 0.29) is 17.5 Å². The van der Waals surface area contributed by atoms with Crippen LogP contribution in [-0.2, 0) is 16.6 Å². The van der Waals surface area contributed by atoms with Gasteiger partial charge < -0.3 is 21.1 Å². The van der Waals surface area contributed by atoms with Crippen molar-refractivity contribution in [2.45, 2.75) is 56.8 Å². The molecule has 7 nitrogen and oxygen atoms in total. The van der Waals surface area contributed by atoms with Crippen molar-refractivity contribution in [3.8, 4) is 0 Å². The maximum Gasteiger partial charge on any atom is 0.416 e. The molecule has 11 heteroatoms. The summed E-state index contributed by atoms with van der Waals surface area (Å²) in [6.07, 6.45) is -0.392. The van der Waals surface area contributed by atoms with Crippen LogP contribution >= 0.6 is 15.9 Å². The molecule has 1 aromatic carbocycles. The topological polar surface area (TPSA) is 115 Å². The molecule has 1 aliphatic carbocycles. The van der Waals surface area contributed by atoms with Crippen molar-refractivity contribution in [3.05, 3.63) is 63.9 Å². The van der Waals surface area contributed by atoms with Gasteiger partial charge in [0.05, 0.1) is 17.8 Å². The fourth-order valence-corrected chi connectivity index (χ4v) is 4.56. The zero-order valence-corrected chi connectivity index (χ0v) is 21.2. The number of benzene rings is 1. The van der Waals surface area contributed by atoms with E-state index >= 15 is 0 Å². The summed E-state index contributed by atoms with van der Waals surface area (Å²) in [6, 6.07) is 7.22. The van der Waals surface area contributed by atoms with Gasteiger partial charge in [-0.2, -0.15) is 13.2 Å². The average Bonchev–Trinajstić information content (AvgIpc) is 2.82. The van der Waals surface area contributed by atoms with Gasteiger partial charge >= 0.3 is 6.18 Å². The first-order valence-corrected chi connectivity index (χ1v) is 12.3. The number of carbonyl (C=O) groups is 2. The van der Waals surface area contributed by atoms with E-state index in [0.29, 0.717) is 43.5 Å². The molecule has 1 saturated carbocycles. The second-order valence-corrected chi connectivity index (χ2v) is 10.0. The van der Waals surface area contributed by atoms with Crippen LogP contribution in [0.25, 0.3) is 0 Å². The number of amides is 2. The zero-order chi connectivity index (χ0) is 26.5. The third-order valence-electron chi connectivity index (χ3n) is 6.30. The minimum atomic E-state index is -4.57. The van der Waals surface area contributed by atoms with Crippen molar-refractivity contribution in [1.29, 1.82) is 5.41 Å². The van der Waals surface area contributed by atoms with E-state index in [9.17, 15) is 27.9 Å². The summed E-state index contributed by atoms with van der Waals surface area (Å²) in [4.78, 5) is 28.7. The van der Waals surface area contributed by atoms with Crippen molar-refractivity contribution in [2.24, 2.45) is 5.92 Å². The molecule has 4 N–H and O–H groups in total. The summed E-state index contributed by atoms with van der Waals surface area (Å²) in [5, 5.41) is 24.5. The van der Waals surface area contributed by atoms with Gasteiger partial charge in [-0.05, 0) is 84.8 Å². The molecule has 1 atom stereocenters. The number of halogens is 4. The summed E-state index contributed by atoms with van der Waals surface area (Å²) < 4.78 is 39.3. The predicted octanol–water partition coefficient (Wildman–Crippen LogP) is 4.59. The molecule has 194 valence electrons. The number of hydrogen-bond donors (Lipinski definition) is 4. The fourth-order valence-electron chi connectivity index (χ4n) is 4.32. The Morgan fingerprint density at radius 2 is 1.94 bits per heavy atom. The molecule has 1 aromatic heterocycles. The maximum atomic E-state index is 12.8. The van der Waals surface area contributed by atoms with Crippen LogP contribution in [0.3, 0.4) is 0 Å². The molecular formula is C25H28BrF3N4O3. The molecule has 36 heavy (non-hydrogen) atoms. The number of hydrogen-bond acceptors (Lipinski definition) is 5. The Balaban J connectivity index is 1.43. The number of carbonyl (C=O) groups excluding carboxylic acids is 2. The van der Waals surface area contributed by atoms with Crippen LogP contribution in [0.1, 0.15) is 60.6 Å². The summed E-state index contributed by atoms with van der Waals surface area (Å²) in [5.41, 5.74) is -1.07. The lowest BCUT2D eigenvalue weighted by Crippen LogP contribution is -2.42. The third kappa shape index (κ3) is 7.36. The predicted molar refractivity (Wildman–Crippen MR) is 132 cm³/mol. The summed E-state index contributed by atoms with van der Waals surface area (Å²) in [5.74, 6) is -1.30. The van der Waals surface area contributed by atoms with Gasteiger partial charge in [-0.1, -0.05) is 6.07 Å². The number of aromatic nitrogens is 1. The van der Waals surface area contributed by atoms with Crippen LogP contribution in [-0.4, -0.2) is 40.2 Å². The second kappa shape index (κ2) is 11.5. The second-order valence-electron chi connectivity index (χ2n) is 9.13. The van der Waals surface area contributed by atoms with E-state index in [1.165, 1.54) is 6.07 Å². The Morgan fingerprint density at radius 3 is 2.56 bits per heavy atom. The van der Waals surface area contributed by atoms with E-state index in [2.05, 4.69) is 31.5 Å². The standard InChI is InChI=1S/C25H28BrF3N4O3/c1-15(33-22(34)14-32-23(35)17-3-2-4-18(12-17)25(27,28)29)11-20(30)16-7-9-24(36,10-8-16)21-6-5-19(26)13-31-21/h2-6,12-13,15-16,30,36H,7-11,14H2,1H3,(H,32,35)(H,33,34)/t15-,16?,24?/m1/s1. The number of nitrogens with zero attached hydrogens (tertiary/aromatic N) is 1. The maximum absolute atomic E-state index is 12.8. The lowest BCUT2D eigenvalue weighted by Gasteiger charge is -2.36. The number of alkyl halides is 3. The fraction of sp³-hybridized carbons (Fsp3) is 0.440. The molecule has 1 fully saturated rings. The Kier molecular flexibility index (Phi) is 8.89. The molecule has 0 radical (unpaired) electrons. The van der Waals surface area contributed by atoms with Crippen LogP contribution in [0.15, 0.2) is 47.1 Å². The molecule has 0 unspecified atom stereocenters. The van der Waals surface area contributed by atoms with Gasteiger partial charge in [-0.15, -0.1) is 0 Å². The first-order valence-electron chi connectivity index (χ1n) is 11.5. The molecule has 1 heterocycles. The van der Waals surface area contributed by atoms with Crippen LogP contribution < -0.4 is 10.6 Å². The molecule has 0 aliphatic heterocycles. The molecular weight excluding hydrogens is 541 g/mol. The Hall–Kier alpha value is -2.79. The highest BCUT2D eigenvalue weighted by molar-refractivity contribution is 9.10. The minimum absolute atomic E-state index is 0.0133. The molecule has 0 saturated heterocycles. The van der Waals surface area contributed by atoms with E-state index in [0.717, 1.165) is 22.7 Å². The number of nitrogens with one attached hydrogen (secondary N) is 3. The minimum Gasteiger partial charge on any atom is -0.384 e. The van der Waals surface area contributed by atoms with E-state index in [1.54, 1.807) is 19.2 Å². The number of rotatable bonds is 8. The van der Waals surface area contributed by atoms with E-state index in [4.69, 9.17) is 5.41 Å². The lowest BCUT2D eigenvalue weighted by atomic mass is 9.74. The zero-order valence-electron chi connectivity index (χ0n) is 19.7.